The summed E-state index contributed by atoms with van der Waals surface area (Å²) >= 11 is 1.48. The maximum atomic E-state index is 12.8. The summed E-state index contributed by atoms with van der Waals surface area (Å²) in [7, 11) is 0. The van der Waals surface area contributed by atoms with Crippen LogP contribution in [-0.2, 0) is 16.0 Å². The summed E-state index contributed by atoms with van der Waals surface area (Å²) in [5.41, 5.74) is 2.02. The molecule has 1 saturated heterocycles. The fraction of sp³-hybridized carbons (Fsp3) is 0.560. The Labute approximate surface area is 206 Å². The van der Waals surface area contributed by atoms with Gasteiger partial charge in [-0.25, -0.2) is 4.98 Å². The molecule has 0 bridgehead atoms. The van der Waals surface area contributed by atoms with E-state index in [1.165, 1.54) is 11.3 Å². The van der Waals surface area contributed by atoms with Gasteiger partial charge in [0, 0.05) is 18.0 Å². The number of likely N-dealkylation sites (tertiary alicyclic amines) is 1. The highest BCUT2D eigenvalue weighted by molar-refractivity contribution is 7.15. The van der Waals surface area contributed by atoms with E-state index in [1.807, 2.05) is 45.9 Å². The topological polar surface area (TPSA) is 92.8 Å². The Hall–Kier alpha value is -2.65. The summed E-state index contributed by atoms with van der Waals surface area (Å²) in [6.45, 7) is 11.2. The van der Waals surface area contributed by atoms with E-state index < -0.39 is 0 Å². The number of amides is 2. The molecule has 2 heterocycles. The minimum Gasteiger partial charge on any atom is -0.490 e. The monoisotopic (exact) mass is 488 g/mol. The van der Waals surface area contributed by atoms with Crippen LogP contribution >= 0.6 is 11.3 Å². The second-order valence-corrected chi connectivity index (χ2v) is 9.67. The zero-order chi connectivity index (χ0) is 24.5. The molecule has 1 fully saturated rings. The molecule has 1 unspecified atom stereocenters. The average molecular weight is 489 g/mol. The van der Waals surface area contributed by atoms with Crippen molar-refractivity contribution in [2.75, 3.05) is 44.7 Å². The van der Waals surface area contributed by atoms with Crippen molar-refractivity contribution in [3.63, 3.8) is 0 Å². The number of piperidine rings is 1. The second kappa shape index (κ2) is 12.7. The third kappa shape index (κ3) is 7.43. The molecule has 0 radical (unpaired) electrons. The van der Waals surface area contributed by atoms with Gasteiger partial charge in [-0.3, -0.25) is 14.5 Å². The van der Waals surface area contributed by atoms with E-state index in [1.54, 1.807) is 0 Å². The van der Waals surface area contributed by atoms with Gasteiger partial charge >= 0.3 is 0 Å². The van der Waals surface area contributed by atoms with Gasteiger partial charge in [0.25, 0.3) is 0 Å². The van der Waals surface area contributed by atoms with Crippen LogP contribution in [0, 0.1) is 19.8 Å². The number of ether oxygens (including phenoxy) is 2. The van der Waals surface area contributed by atoms with Crippen molar-refractivity contribution in [2.24, 2.45) is 5.92 Å². The van der Waals surface area contributed by atoms with Gasteiger partial charge < -0.3 is 20.1 Å². The van der Waals surface area contributed by atoms with Crippen LogP contribution in [0.4, 0.5) is 5.13 Å². The van der Waals surface area contributed by atoms with E-state index in [-0.39, 0.29) is 24.3 Å². The number of hydrogen-bond acceptors (Lipinski definition) is 7. The largest absolute Gasteiger partial charge is 0.490 e. The van der Waals surface area contributed by atoms with Crippen molar-refractivity contribution in [2.45, 2.75) is 47.0 Å². The first-order valence-corrected chi connectivity index (χ1v) is 12.8. The minimum absolute atomic E-state index is 0.0484. The number of carbonyl (C=O) groups is 2. The Morgan fingerprint density at radius 1 is 1.18 bits per heavy atom. The van der Waals surface area contributed by atoms with Crippen LogP contribution in [0.1, 0.15) is 42.8 Å². The molecule has 1 atom stereocenters. The number of hydrogen-bond donors (Lipinski definition) is 2. The molecule has 0 spiro atoms. The van der Waals surface area contributed by atoms with E-state index in [4.69, 9.17) is 9.47 Å². The maximum Gasteiger partial charge on any atom is 0.240 e. The number of nitrogens with one attached hydrogen (secondary N) is 2. The smallest absolute Gasteiger partial charge is 0.240 e. The van der Waals surface area contributed by atoms with Crippen LogP contribution in [-0.4, -0.2) is 61.1 Å². The molecule has 9 heteroatoms. The van der Waals surface area contributed by atoms with Crippen LogP contribution in [0.5, 0.6) is 11.5 Å². The van der Waals surface area contributed by atoms with Crippen LogP contribution < -0.4 is 20.1 Å². The van der Waals surface area contributed by atoms with Gasteiger partial charge in [-0.15, -0.1) is 11.3 Å². The lowest BCUT2D eigenvalue weighted by atomic mass is 9.97. The first kappa shape index (κ1) is 26.0. The Kier molecular flexibility index (Phi) is 9.71. The molecular formula is C25H36N4O4S. The number of rotatable bonds is 11. The standard InChI is InChI=1S/C25H36N4O4S/c1-5-32-21-10-9-19(14-22(21)33-6-2)11-12-26-24(31)20-8-7-13-29(15-20)16-23(30)28-25-27-17(3)18(4)34-25/h9-10,14,20H,5-8,11-13,15-16H2,1-4H3,(H,26,31)(H,27,28,30). The van der Waals surface area contributed by atoms with Crippen molar-refractivity contribution in [3.05, 3.63) is 34.3 Å². The Morgan fingerprint density at radius 3 is 2.65 bits per heavy atom. The molecule has 1 aliphatic rings. The van der Waals surface area contributed by atoms with Crippen molar-refractivity contribution in [1.29, 1.82) is 0 Å². The molecule has 1 aliphatic heterocycles. The van der Waals surface area contributed by atoms with Crippen LogP contribution in [0.2, 0.25) is 0 Å². The van der Waals surface area contributed by atoms with Gasteiger partial charge in [0.1, 0.15) is 0 Å². The SMILES string of the molecule is CCOc1ccc(CCNC(=O)C2CCCN(CC(=O)Nc3nc(C)c(C)s3)C2)cc1OCC. The number of nitrogens with zero attached hydrogens (tertiary/aromatic N) is 2. The predicted molar refractivity (Wildman–Crippen MR) is 135 cm³/mol. The lowest BCUT2D eigenvalue weighted by Crippen LogP contribution is -2.45. The van der Waals surface area contributed by atoms with Crippen molar-refractivity contribution in [3.8, 4) is 11.5 Å². The molecule has 8 nitrogen and oxygen atoms in total. The number of aromatic nitrogens is 1. The van der Waals surface area contributed by atoms with Crippen molar-refractivity contribution >= 4 is 28.3 Å². The van der Waals surface area contributed by atoms with Gasteiger partial charge in [0.15, 0.2) is 16.6 Å². The normalized spacial score (nSPS) is 16.2. The molecule has 2 N–H and O–H groups in total. The highest BCUT2D eigenvalue weighted by atomic mass is 32.1. The van der Waals surface area contributed by atoms with E-state index >= 15 is 0 Å². The van der Waals surface area contributed by atoms with E-state index in [2.05, 4.69) is 20.5 Å². The first-order chi connectivity index (χ1) is 16.4. The second-order valence-electron chi connectivity index (χ2n) is 8.47. The third-order valence-electron chi connectivity index (χ3n) is 5.84. The molecule has 186 valence electrons. The summed E-state index contributed by atoms with van der Waals surface area (Å²) in [6.07, 6.45) is 2.45. The van der Waals surface area contributed by atoms with E-state index in [9.17, 15) is 9.59 Å². The quantitative estimate of drug-likeness (QED) is 0.502. The van der Waals surface area contributed by atoms with Crippen LogP contribution in [0.15, 0.2) is 18.2 Å². The predicted octanol–water partition coefficient (Wildman–Crippen LogP) is 3.57. The van der Waals surface area contributed by atoms with E-state index in [0.717, 1.165) is 47.0 Å². The molecule has 0 saturated carbocycles. The summed E-state index contributed by atoms with van der Waals surface area (Å²) in [4.78, 5) is 32.7. The molecule has 0 aliphatic carbocycles. The Morgan fingerprint density at radius 2 is 1.94 bits per heavy atom. The molecule has 34 heavy (non-hydrogen) atoms. The highest BCUT2D eigenvalue weighted by Crippen LogP contribution is 2.28. The van der Waals surface area contributed by atoms with E-state index in [0.29, 0.717) is 37.9 Å². The first-order valence-electron chi connectivity index (χ1n) is 12.0. The molecule has 2 aromatic rings. The molecular weight excluding hydrogens is 452 g/mol. The van der Waals surface area contributed by atoms with Crippen LogP contribution in [0.25, 0.3) is 0 Å². The fourth-order valence-corrected chi connectivity index (χ4v) is 4.86. The molecule has 1 aromatic carbocycles. The van der Waals surface area contributed by atoms with Crippen molar-refractivity contribution < 1.29 is 19.1 Å². The van der Waals surface area contributed by atoms with Crippen LogP contribution in [0.3, 0.4) is 0 Å². The van der Waals surface area contributed by atoms with Gasteiger partial charge in [-0.05, 0) is 71.2 Å². The lowest BCUT2D eigenvalue weighted by Gasteiger charge is -2.31. The van der Waals surface area contributed by atoms with Gasteiger partial charge in [0.05, 0.1) is 31.4 Å². The molecule has 1 aromatic heterocycles. The third-order valence-corrected chi connectivity index (χ3v) is 6.83. The molecule has 3 rings (SSSR count). The summed E-state index contributed by atoms with van der Waals surface area (Å²) in [6, 6.07) is 5.91. The summed E-state index contributed by atoms with van der Waals surface area (Å²) in [5, 5.41) is 6.58. The van der Waals surface area contributed by atoms with Gasteiger partial charge in [-0.1, -0.05) is 6.07 Å². The number of carbonyl (C=O) groups excluding carboxylic acids is 2. The average Bonchev–Trinajstić information content (AvgIpc) is 3.12. The zero-order valence-electron chi connectivity index (χ0n) is 20.6. The maximum absolute atomic E-state index is 12.8. The van der Waals surface area contributed by atoms with Gasteiger partial charge in [0.2, 0.25) is 11.8 Å². The lowest BCUT2D eigenvalue weighted by molar-refractivity contribution is -0.127. The Balaban J connectivity index is 1.45. The van der Waals surface area contributed by atoms with Crippen molar-refractivity contribution in [1.82, 2.24) is 15.2 Å². The number of benzene rings is 1. The summed E-state index contributed by atoms with van der Waals surface area (Å²) < 4.78 is 11.3. The zero-order valence-corrected chi connectivity index (χ0v) is 21.4. The van der Waals surface area contributed by atoms with Gasteiger partial charge in [-0.2, -0.15) is 0 Å². The highest BCUT2D eigenvalue weighted by Gasteiger charge is 2.26. The minimum atomic E-state index is -0.106. The fourth-order valence-electron chi connectivity index (χ4n) is 4.03. The summed E-state index contributed by atoms with van der Waals surface area (Å²) in [5.74, 6) is 1.33. The number of thiazole rings is 1. The Bertz CT molecular complexity index is 958. The number of anilines is 1. The molecule has 2 amide bonds. The number of aryl methyl sites for hydroxylation is 2.